The number of Topliss-reactive ketones (excluding diaryl/α,β-unsaturated/α-hetero) is 1. The fourth-order valence-electron chi connectivity index (χ4n) is 4.41. The Balaban J connectivity index is 2.22. The van der Waals surface area contributed by atoms with E-state index in [9.17, 15) is 9.59 Å². The number of benzene rings is 2. The van der Waals surface area contributed by atoms with Gasteiger partial charge in [-0.25, -0.2) is 0 Å². The van der Waals surface area contributed by atoms with Crippen molar-refractivity contribution in [3.63, 3.8) is 0 Å². The number of rotatable bonds is 16. The number of esters is 1. The highest BCUT2D eigenvalue weighted by Crippen LogP contribution is 2.38. The zero-order valence-electron chi connectivity index (χ0n) is 22.2. The van der Waals surface area contributed by atoms with Crippen LogP contribution in [0.5, 0.6) is 0 Å². The van der Waals surface area contributed by atoms with Crippen molar-refractivity contribution < 1.29 is 14.3 Å². The fourth-order valence-corrected chi connectivity index (χ4v) is 4.41. The highest BCUT2D eigenvalue weighted by atomic mass is 16.5. The monoisotopic (exact) mass is 476 g/mol. The Kier molecular flexibility index (Phi) is 12.5. The standard InChI is InChI=1S/C32H44O3/c1-5-7-9-10-17-23-31(34)35-30(29(33)22-8-6-2)25-32(3,4)24-28(26-18-13-11-14-19-26)27-20-15-12-16-21-27/h11-16,18-21,25,28H,5-10,17,22-24H2,1-4H3. The molecule has 0 radical (unpaired) electrons. The van der Waals surface area contributed by atoms with Gasteiger partial charge in [-0.05, 0) is 41.9 Å². The molecule has 0 saturated heterocycles. The maximum Gasteiger partial charge on any atom is 0.311 e. The third-order valence-electron chi connectivity index (χ3n) is 6.40. The summed E-state index contributed by atoms with van der Waals surface area (Å²) >= 11 is 0. The number of ketones is 1. The smallest absolute Gasteiger partial charge is 0.311 e. The lowest BCUT2D eigenvalue weighted by Crippen LogP contribution is -2.19. The van der Waals surface area contributed by atoms with Crippen molar-refractivity contribution in [2.75, 3.05) is 0 Å². The molecule has 2 aromatic carbocycles. The van der Waals surface area contributed by atoms with Crippen LogP contribution in [0.2, 0.25) is 0 Å². The maximum absolute atomic E-state index is 13.0. The van der Waals surface area contributed by atoms with Crippen LogP contribution in [-0.2, 0) is 14.3 Å². The van der Waals surface area contributed by atoms with Crippen molar-refractivity contribution in [1.29, 1.82) is 0 Å². The summed E-state index contributed by atoms with van der Waals surface area (Å²) in [7, 11) is 0. The molecule has 0 bridgehead atoms. The Bertz CT molecular complexity index is 873. The van der Waals surface area contributed by atoms with Gasteiger partial charge in [-0.15, -0.1) is 0 Å². The van der Waals surface area contributed by atoms with Gasteiger partial charge in [0.1, 0.15) is 0 Å². The van der Waals surface area contributed by atoms with Gasteiger partial charge in [0.15, 0.2) is 11.5 Å². The minimum Gasteiger partial charge on any atom is -0.423 e. The van der Waals surface area contributed by atoms with Gasteiger partial charge >= 0.3 is 5.97 Å². The minimum atomic E-state index is -0.352. The first-order chi connectivity index (χ1) is 16.9. The normalized spacial score (nSPS) is 12.1. The van der Waals surface area contributed by atoms with Crippen molar-refractivity contribution in [3.05, 3.63) is 83.6 Å². The van der Waals surface area contributed by atoms with E-state index in [2.05, 4.69) is 76.2 Å². The van der Waals surface area contributed by atoms with Crippen molar-refractivity contribution >= 4 is 11.8 Å². The zero-order chi connectivity index (χ0) is 25.5. The van der Waals surface area contributed by atoms with Crippen LogP contribution < -0.4 is 0 Å². The molecule has 2 rings (SSSR count). The second-order valence-corrected chi connectivity index (χ2v) is 10.2. The topological polar surface area (TPSA) is 43.4 Å². The number of hydrogen-bond donors (Lipinski definition) is 0. The molecule has 0 unspecified atom stereocenters. The average molecular weight is 477 g/mol. The third kappa shape index (κ3) is 10.6. The molecule has 0 spiro atoms. The molecule has 3 heteroatoms. The SMILES string of the molecule is CCCCCCCC(=O)OC(=CC(C)(C)CC(c1ccccc1)c1ccccc1)C(=O)CCCC. The van der Waals surface area contributed by atoms with Gasteiger partial charge < -0.3 is 4.74 Å². The van der Waals surface area contributed by atoms with Crippen molar-refractivity contribution in [2.24, 2.45) is 5.41 Å². The van der Waals surface area contributed by atoms with Gasteiger partial charge in [0, 0.05) is 18.8 Å². The van der Waals surface area contributed by atoms with Crippen LogP contribution in [0.25, 0.3) is 0 Å². The largest absolute Gasteiger partial charge is 0.423 e. The minimum absolute atomic E-state index is 0.0739. The summed E-state index contributed by atoms with van der Waals surface area (Å²) in [6.07, 6.45) is 10.5. The van der Waals surface area contributed by atoms with Gasteiger partial charge in [-0.1, -0.05) is 120 Å². The summed E-state index contributed by atoms with van der Waals surface area (Å²) < 4.78 is 5.72. The number of allylic oxidation sites excluding steroid dienone is 2. The first kappa shape index (κ1) is 28.6. The van der Waals surface area contributed by atoms with Gasteiger partial charge in [0.05, 0.1) is 0 Å². The number of ether oxygens (including phenoxy) is 1. The molecule has 3 nitrogen and oxygen atoms in total. The molecular weight excluding hydrogens is 432 g/mol. The second-order valence-electron chi connectivity index (χ2n) is 10.2. The van der Waals surface area contributed by atoms with E-state index in [1.54, 1.807) is 0 Å². The number of unbranched alkanes of at least 4 members (excludes halogenated alkanes) is 5. The molecule has 0 aromatic heterocycles. The van der Waals surface area contributed by atoms with E-state index in [0.29, 0.717) is 12.8 Å². The molecule has 0 aliphatic carbocycles. The quantitative estimate of drug-likeness (QED) is 0.105. The Morgan fingerprint density at radius 3 is 1.86 bits per heavy atom. The Labute approximate surface area is 213 Å². The molecule has 0 saturated carbocycles. The van der Waals surface area contributed by atoms with E-state index in [4.69, 9.17) is 4.74 Å². The predicted octanol–water partition coefficient (Wildman–Crippen LogP) is 8.78. The average Bonchev–Trinajstić information content (AvgIpc) is 2.86. The summed E-state index contributed by atoms with van der Waals surface area (Å²) in [4.78, 5) is 25.6. The molecule has 0 aliphatic heterocycles. The zero-order valence-corrected chi connectivity index (χ0v) is 22.2. The molecule has 190 valence electrons. The summed E-state index contributed by atoms with van der Waals surface area (Å²) in [5, 5.41) is 0. The molecule has 2 aromatic rings. The molecule has 0 fully saturated rings. The number of carbonyl (C=O) groups is 2. The Morgan fingerprint density at radius 2 is 1.31 bits per heavy atom. The highest BCUT2D eigenvalue weighted by molar-refractivity contribution is 5.95. The van der Waals surface area contributed by atoms with Crippen LogP contribution in [0.1, 0.15) is 109 Å². The van der Waals surface area contributed by atoms with Crippen LogP contribution >= 0.6 is 0 Å². The van der Waals surface area contributed by atoms with E-state index in [1.165, 1.54) is 24.0 Å². The van der Waals surface area contributed by atoms with Crippen molar-refractivity contribution in [2.45, 2.75) is 97.8 Å². The van der Waals surface area contributed by atoms with Crippen LogP contribution in [0, 0.1) is 5.41 Å². The van der Waals surface area contributed by atoms with E-state index in [1.807, 2.05) is 18.2 Å². The lowest BCUT2D eigenvalue weighted by Gasteiger charge is -2.28. The fraction of sp³-hybridized carbons (Fsp3) is 0.500. The molecule has 0 amide bonds. The van der Waals surface area contributed by atoms with Crippen LogP contribution in [0.4, 0.5) is 0 Å². The van der Waals surface area contributed by atoms with Gasteiger partial charge in [-0.3, -0.25) is 9.59 Å². The highest BCUT2D eigenvalue weighted by Gasteiger charge is 2.27. The van der Waals surface area contributed by atoms with Gasteiger partial charge in [-0.2, -0.15) is 0 Å². The molecule has 0 N–H and O–H groups in total. The van der Waals surface area contributed by atoms with Crippen molar-refractivity contribution in [1.82, 2.24) is 0 Å². The van der Waals surface area contributed by atoms with E-state index in [0.717, 1.165) is 38.5 Å². The van der Waals surface area contributed by atoms with Crippen LogP contribution in [0.15, 0.2) is 72.5 Å². The maximum atomic E-state index is 13.0. The second kappa shape index (κ2) is 15.3. The van der Waals surface area contributed by atoms with Gasteiger partial charge in [0.2, 0.25) is 0 Å². The predicted molar refractivity (Wildman–Crippen MR) is 145 cm³/mol. The first-order valence-electron chi connectivity index (χ1n) is 13.4. The number of hydrogen-bond acceptors (Lipinski definition) is 3. The molecule has 0 aliphatic rings. The first-order valence-corrected chi connectivity index (χ1v) is 13.4. The van der Waals surface area contributed by atoms with Gasteiger partial charge in [0.25, 0.3) is 0 Å². The van der Waals surface area contributed by atoms with E-state index in [-0.39, 0.29) is 28.8 Å². The summed E-state index contributed by atoms with van der Waals surface area (Å²) in [6, 6.07) is 20.9. The summed E-state index contributed by atoms with van der Waals surface area (Å²) in [5.41, 5.74) is 2.13. The molecule has 0 heterocycles. The molecule has 35 heavy (non-hydrogen) atoms. The Hall–Kier alpha value is -2.68. The number of carbonyl (C=O) groups excluding carboxylic acids is 2. The Morgan fingerprint density at radius 1 is 0.771 bits per heavy atom. The third-order valence-corrected chi connectivity index (χ3v) is 6.40. The summed E-state index contributed by atoms with van der Waals surface area (Å²) in [6.45, 7) is 8.48. The van der Waals surface area contributed by atoms with Crippen LogP contribution in [0.3, 0.4) is 0 Å². The van der Waals surface area contributed by atoms with E-state index >= 15 is 0 Å². The van der Waals surface area contributed by atoms with Crippen molar-refractivity contribution in [3.8, 4) is 0 Å². The molecular formula is C32H44O3. The van der Waals surface area contributed by atoms with E-state index < -0.39 is 0 Å². The molecule has 0 atom stereocenters. The van der Waals surface area contributed by atoms with Crippen LogP contribution in [-0.4, -0.2) is 11.8 Å². The summed E-state index contributed by atoms with van der Waals surface area (Å²) in [5.74, 6) is 0.0260. The lowest BCUT2D eigenvalue weighted by molar-refractivity contribution is -0.142. The lowest BCUT2D eigenvalue weighted by atomic mass is 9.76.